The molecule has 0 fully saturated rings. The van der Waals surface area contributed by atoms with Crippen molar-refractivity contribution >= 4 is 22.5 Å². The molecule has 1 N–H and O–H groups in total. The number of halogens is 1. The van der Waals surface area contributed by atoms with E-state index < -0.39 is 0 Å². The van der Waals surface area contributed by atoms with Crippen molar-refractivity contribution < 1.29 is 4.39 Å². The molecule has 2 aromatic heterocycles. The summed E-state index contributed by atoms with van der Waals surface area (Å²) in [6.07, 6.45) is 3.29. The molecular formula is C19H16FN5. The van der Waals surface area contributed by atoms with Crippen molar-refractivity contribution in [2.24, 2.45) is 0 Å². The molecule has 6 heteroatoms. The van der Waals surface area contributed by atoms with Gasteiger partial charge in [-0.15, -0.1) is 0 Å². The number of hydrogen-bond acceptors (Lipinski definition) is 4. The second-order valence-electron chi connectivity index (χ2n) is 5.88. The van der Waals surface area contributed by atoms with Gasteiger partial charge >= 0.3 is 0 Å². The van der Waals surface area contributed by atoms with E-state index in [1.807, 2.05) is 38.1 Å². The van der Waals surface area contributed by atoms with Gasteiger partial charge in [0.15, 0.2) is 11.6 Å². The zero-order valence-corrected chi connectivity index (χ0v) is 13.9. The van der Waals surface area contributed by atoms with E-state index in [2.05, 4.69) is 20.3 Å². The van der Waals surface area contributed by atoms with E-state index in [0.717, 1.165) is 17.0 Å². The molecule has 0 atom stereocenters. The molecular weight excluding hydrogens is 317 g/mol. The van der Waals surface area contributed by atoms with Gasteiger partial charge < -0.3 is 5.32 Å². The number of anilines is 2. The number of imidazole rings is 1. The molecule has 25 heavy (non-hydrogen) atoms. The van der Waals surface area contributed by atoms with Crippen molar-refractivity contribution in [1.82, 2.24) is 19.5 Å². The van der Waals surface area contributed by atoms with E-state index in [1.165, 1.54) is 17.7 Å². The summed E-state index contributed by atoms with van der Waals surface area (Å²) in [4.78, 5) is 13.3. The average molecular weight is 333 g/mol. The van der Waals surface area contributed by atoms with E-state index in [0.29, 0.717) is 17.2 Å². The lowest BCUT2D eigenvalue weighted by Gasteiger charge is -2.09. The SMILES string of the molecule is Cc1ccc(Nc2cncc(-n3c(C)nc4ccc(F)cc43)n2)cc1. The third-order valence-corrected chi connectivity index (χ3v) is 3.96. The highest BCUT2D eigenvalue weighted by molar-refractivity contribution is 5.78. The fraction of sp³-hybridized carbons (Fsp3) is 0.105. The summed E-state index contributed by atoms with van der Waals surface area (Å²) in [5.41, 5.74) is 3.50. The van der Waals surface area contributed by atoms with Gasteiger partial charge in [0, 0.05) is 11.8 Å². The van der Waals surface area contributed by atoms with Crippen LogP contribution in [-0.4, -0.2) is 19.5 Å². The molecule has 0 aliphatic rings. The third-order valence-electron chi connectivity index (χ3n) is 3.96. The van der Waals surface area contributed by atoms with E-state index in [-0.39, 0.29) is 5.82 Å². The highest BCUT2D eigenvalue weighted by Crippen LogP contribution is 2.22. The van der Waals surface area contributed by atoms with Gasteiger partial charge in [0.25, 0.3) is 0 Å². The molecule has 0 spiro atoms. The van der Waals surface area contributed by atoms with Gasteiger partial charge in [-0.3, -0.25) is 9.55 Å². The Hall–Kier alpha value is -3.28. The van der Waals surface area contributed by atoms with E-state index >= 15 is 0 Å². The minimum atomic E-state index is -0.310. The molecule has 0 saturated heterocycles. The fourth-order valence-electron chi connectivity index (χ4n) is 2.77. The minimum Gasteiger partial charge on any atom is -0.339 e. The fourth-order valence-corrected chi connectivity index (χ4v) is 2.77. The van der Waals surface area contributed by atoms with E-state index in [9.17, 15) is 4.39 Å². The summed E-state index contributed by atoms with van der Waals surface area (Å²) in [6, 6.07) is 12.5. The highest BCUT2D eigenvalue weighted by atomic mass is 19.1. The van der Waals surface area contributed by atoms with Crippen LogP contribution < -0.4 is 5.32 Å². The Bertz CT molecular complexity index is 1050. The van der Waals surface area contributed by atoms with Gasteiger partial charge in [-0.1, -0.05) is 17.7 Å². The van der Waals surface area contributed by atoms with Crippen molar-refractivity contribution in [2.75, 3.05) is 5.32 Å². The summed E-state index contributed by atoms with van der Waals surface area (Å²) < 4.78 is 15.4. The van der Waals surface area contributed by atoms with Gasteiger partial charge in [-0.25, -0.2) is 14.4 Å². The molecule has 0 aliphatic heterocycles. The Morgan fingerprint density at radius 3 is 2.56 bits per heavy atom. The second kappa shape index (κ2) is 5.98. The molecule has 0 radical (unpaired) electrons. The lowest BCUT2D eigenvalue weighted by Crippen LogP contribution is -2.03. The monoisotopic (exact) mass is 333 g/mol. The van der Waals surface area contributed by atoms with Crippen LogP contribution in [0.3, 0.4) is 0 Å². The van der Waals surface area contributed by atoms with Gasteiger partial charge in [0.05, 0.1) is 23.4 Å². The predicted molar refractivity (Wildman–Crippen MR) is 95.8 cm³/mol. The number of rotatable bonds is 3. The normalized spacial score (nSPS) is 11.0. The molecule has 0 aliphatic carbocycles. The summed E-state index contributed by atoms with van der Waals surface area (Å²) in [5.74, 6) is 1.61. The maximum Gasteiger partial charge on any atom is 0.159 e. The van der Waals surface area contributed by atoms with Crippen LogP contribution in [0.25, 0.3) is 16.9 Å². The number of nitrogens with zero attached hydrogens (tertiary/aromatic N) is 4. The van der Waals surface area contributed by atoms with Crippen LogP contribution in [-0.2, 0) is 0 Å². The first-order valence-corrected chi connectivity index (χ1v) is 7.91. The number of aromatic nitrogens is 4. The summed E-state index contributed by atoms with van der Waals surface area (Å²) in [6.45, 7) is 3.90. The zero-order valence-electron chi connectivity index (χ0n) is 13.9. The van der Waals surface area contributed by atoms with Crippen LogP contribution in [0.1, 0.15) is 11.4 Å². The first-order valence-electron chi connectivity index (χ1n) is 7.91. The molecule has 0 saturated carbocycles. The van der Waals surface area contributed by atoms with Crippen molar-refractivity contribution in [2.45, 2.75) is 13.8 Å². The van der Waals surface area contributed by atoms with Crippen LogP contribution in [0.5, 0.6) is 0 Å². The lowest BCUT2D eigenvalue weighted by atomic mass is 10.2. The Labute approximate surface area is 144 Å². The van der Waals surface area contributed by atoms with E-state index in [1.54, 1.807) is 23.0 Å². The zero-order chi connectivity index (χ0) is 17.4. The summed E-state index contributed by atoms with van der Waals surface area (Å²) in [7, 11) is 0. The van der Waals surface area contributed by atoms with Crippen molar-refractivity contribution in [3.8, 4) is 5.82 Å². The van der Waals surface area contributed by atoms with Gasteiger partial charge in [-0.2, -0.15) is 0 Å². The standard InChI is InChI=1S/C19H16FN5/c1-12-3-6-15(7-4-12)23-18-10-21-11-19(24-18)25-13(2)22-16-8-5-14(20)9-17(16)25/h3-11H,1-2H3,(H,23,24). The summed E-state index contributed by atoms with van der Waals surface area (Å²) >= 11 is 0. The van der Waals surface area contributed by atoms with Gasteiger partial charge in [-0.05, 0) is 38.1 Å². The van der Waals surface area contributed by atoms with Crippen LogP contribution in [0.2, 0.25) is 0 Å². The summed E-state index contributed by atoms with van der Waals surface area (Å²) in [5, 5.41) is 3.23. The van der Waals surface area contributed by atoms with Crippen LogP contribution in [0.15, 0.2) is 54.9 Å². The molecule has 0 amide bonds. The number of benzene rings is 2. The molecule has 4 rings (SSSR count). The number of nitrogens with one attached hydrogen (secondary N) is 1. The molecule has 2 aromatic carbocycles. The lowest BCUT2D eigenvalue weighted by molar-refractivity contribution is 0.629. The molecule has 5 nitrogen and oxygen atoms in total. The number of hydrogen-bond donors (Lipinski definition) is 1. The first kappa shape index (κ1) is 15.3. The minimum absolute atomic E-state index is 0.310. The molecule has 0 unspecified atom stereocenters. The second-order valence-corrected chi connectivity index (χ2v) is 5.88. The largest absolute Gasteiger partial charge is 0.339 e. The Morgan fingerprint density at radius 2 is 1.76 bits per heavy atom. The maximum absolute atomic E-state index is 13.7. The Balaban J connectivity index is 1.76. The Morgan fingerprint density at radius 1 is 0.960 bits per heavy atom. The van der Waals surface area contributed by atoms with Gasteiger partial charge in [0.2, 0.25) is 0 Å². The average Bonchev–Trinajstić information content (AvgIpc) is 2.92. The van der Waals surface area contributed by atoms with Crippen LogP contribution in [0, 0.1) is 19.7 Å². The van der Waals surface area contributed by atoms with Crippen LogP contribution >= 0.6 is 0 Å². The molecule has 124 valence electrons. The Kier molecular flexibility index (Phi) is 3.65. The third kappa shape index (κ3) is 2.94. The molecule has 2 heterocycles. The van der Waals surface area contributed by atoms with Gasteiger partial charge in [0.1, 0.15) is 11.6 Å². The predicted octanol–water partition coefficient (Wildman–Crippen LogP) is 4.32. The van der Waals surface area contributed by atoms with Crippen LogP contribution in [0.4, 0.5) is 15.9 Å². The van der Waals surface area contributed by atoms with Crippen molar-refractivity contribution in [3.05, 3.63) is 72.1 Å². The molecule has 4 aromatic rings. The quantitative estimate of drug-likeness (QED) is 0.607. The number of fused-ring (bicyclic) bond motifs is 1. The topological polar surface area (TPSA) is 55.6 Å². The number of aryl methyl sites for hydroxylation is 2. The smallest absolute Gasteiger partial charge is 0.159 e. The van der Waals surface area contributed by atoms with Crippen molar-refractivity contribution in [1.29, 1.82) is 0 Å². The van der Waals surface area contributed by atoms with Crippen molar-refractivity contribution in [3.63, 3.8) is 0 Å². The van der Waals surface area contributed by atoms with E-state index in [4.69, 9.17) is 0 Å². The first-order chi connectivity index (χ1) is 12.1. The molecule has 0 bridgehead atoms. The highest BCUT2D eigenvalue weighted by Gasteiger charge is 2.12. The maximum atomic E-state index is 13.7.